The monoisotopic (exact) mass is 261 g/mol. The topological polar surface area (TPSA) is 118 Å². The first-order valence-electron chi connectivity index (χ1n) is 6.18. The van der Waals surface area contributed by atoms with Crippen molar-refractivity contribution >= 4 is 11.5 Å². The molecule has 1 aromatic heterocycles. The lowest BCUT2D eigenvalue weighted by molar-refractivity contribution is -0.385. The SMILES string of the molecule is N#Cc1cc([N+](=O)[O-])cnc1N[C@@H]1CCCC[C@H]1N. The fraction of sp³-hybridized carbons (Fsp3) is 0.500. The summed E-state index contributed by atoms with van der Waals surface area (Å²) in [5.74, 6) is 0.371. The summed E-state index contributed by atoms with van der Waals surface area (Å²) in [6.07, 6.45) is 5.20. The van der Waals surface area contributed by atoms with E-state index in [0.29, 0.717) is 5.82 Å². The van der Waals surface area contributed by atoms with Gasteiger partial charge in [0.05, 0.1) is 4.92 Å². The van der Waals surface area contributed by atoms with Crippen LogP contribution in [-0.2, 0) is 0 Å². The highest BCUT2D eigenvalue weighted by molar-refractivity contribution is 5.56. The third-order valence-corrected chi connectivity index (χ3v) is 3.35. The van der Waals surface area contributed by atoms with Gasteiger partial charge in [-0.15, -0.1) is 0 Å². The number of rotatable bonds is 3. The Morgan fingerprint density at radius 1 is 1.53 bits per heavy atom. The lowest BCUT2D eigenvalue weighted by Crippen LogP contribution is -2.42. The fourth-order valence-electron chi connectivity index (χ4n) is 2.27. The van der Waals surface area contributed by atoms with Crippen LogP contribution >= 0.6 is 0 Å². The quantitative estimate of drug-likeness (QED) is 0.629. The predicted octanol–water partition coefficient (Wildman–Crippen LogP) is 1.54. The first-order chi connectivity index (χ1) is 9.11. The van der Waals surface area contributed by atoms with Gasteiger partial charge in [-0.2, -0.15) is 5.26 Å². The van der Waals surface area contributed by atoms with E-state index in [1.54, 1.807) is 0 Å². The van der Waals surface area contributed by atoms with Crippen molar-refractivity contribution in [2.75, 3.05) is 5.32 Å². The normalized spacial score (nSPS) is 22.5. The van der Waals surface area contributed by atoms with Crippen LogP contribution in [0.25, 0.3) is 0 Å². The van der Waals surface area contributed by atoms with Crippen molar-refractivity contribution in [1.82, 2.24) is 4.98 Å². The summed E-state index contributed by atoms with van der Waals surface area (Å²) in [5, 5.41) is 22.8. The highest BCUT2D eigenvalue weighted by Gasteiger charge is 2.23. The average Bonchev–Trinajstić information content (AvgIpc) is 2.41. The second-order valence-electron chi connectivity index (χ2n) is 4.66. The van der Waals surface area contributed by atoms with Crippen molar-refractivity contribution < 1.29 is 4.92 Å². The van der Waals surface area contributed by atoms with Gasteiger partial charge in [0.1, 0.15) is 23.6 Å². The molecule has 7 heteroatoms. The smallest absolute Gasteiger partial charge is 0.289 e. The molecule has 3 N–H and O–H groups in total. The zero-order valence-corrected chi connectivity index (χ0v) is 10.4. The maximum absolute atomic E-state index is 10.6. The van der Waals surface area contributed by atoms with E-state index in [4.69, 9.17) is 11.0 Å². The molecule has 0 bridgehead atoms. The molecule has 0 unspecified atom stereocenters. The number of hydrogen-bond donors (Lipinski definition) is 2. The minimum absolute atomic E-state index is 0.0253. The van der Waals surface area contributed by atoms with E-state index in [1.807, 2.05) is 6.07 Å². The summed E-state index contributed by atoms with van der Waals surface area (Å²) < 4.78 is 0. The predicted molar refractivity (Wildman–Crippen MR) is 69.5 cm³/mol. The number of anilines is 1. The molecular weight excluding hydrogens is 246 g/mol. The number of nitro groups is 1. The molecule has 0 amide bonds. The molecule has 1 aliphatic carbocycles. The molecule has 100 valence electrons. The van der Waals surface area contributed by atoms with Gasteiger partial charge in [0.25, 0.3) is 5.69 Å². The number of pyridine rings is 1. The number of nitrogens with two attached hydrogens (primary N) is 1. The van der Waals surface area contributed by atoms with Gasteiger partial charge in [0, 0.05) is 18.2 Å². The molecule has 0 saturated heterocycles. The van der Waals surface area contributed by atoms with Gasteiger partial charge in [-0.1, -0.05) is 12.8 Å². The number of nitrogens with one attached hydrogen (secondary N) is 1. The molecule has 1 aliphatic rings. The van der Waals surface area contributed by atoms with Crippen LogP contribution in [0.5, 0.6) is 0 Å². The Morgan fingerprint density at radius 2 is 2.26 bits per heavy atom. The van der Waals surface area contributed by atoms with E-state index in [2.05, 4.69) is 10.3 Å². The fourth-order valence-corrected chi connectivity index (χ4v) is 2.27. The molecule has 0 radical (unpaired) electrons. The Bertz CT molecular complexity index is 525. The lowest BCUT2D eigenvalue weighted by Gasteiger charge is -2.29. The Kier molecular flexibility index (Phi) is 3.92. The number of nitriles is 1. The molecule has 0 aliphatic heterocycles. The Balaban J connectivity index is 2.20. The van der Waals surface area contributed by atoms with Crippen LogP contribution in [0.3, 0.4) is 0 Å². The number of nitrogens with zero attached hydrogens (tertiary/aromatic N) is 3. The van der Waals surface area contributed by atoms with E-state index >= 15 is 0 Å². The maximum atomic E-state index is 10.6. The van der Waals surface area contributed by atoms with E-state index in [0.717, 1.165) is 31.9 Å². The van der Waals surface area contributed by atoms with E-state index in [-0.39, 0.29) is 23.3 Å². The van der Waals surface area contributed by atoms with E-state index in [1.165, 1.54) is 6.07 Å². The van der Waals surface area contributed by atoms with Crippen LogP contribution in [0.1, 0.15) is 31.2 Å². The Labute approximate surface area is 110 Å². The summed E-state index contributed by atoms with van der Waals surface area (Å²) >= 11 is 0. The van der Waals surface area contributed by atoms with Gasteiger partial charge in [0.2, 0.25) is 0 Å². The first kappa shape index (κ1) is 13.2. The van der Waals surface area contributed by atoms with E-state index in [9.17, 15) is 10.1 Å². The summed E-state index contributed by atoms with van der Waals surface area (Å²) in [6.45, 7) is 0. The minimum Gasteiger partial charge on any atom is -0.365 e. The third-order valence-electron chi connectivity index (χ3n) is 3.35. The largest absolute Gasteiger partial charge is 0.365 e. The van der Waals surface area contributed by atoms with Gasteiger partial charge in [0.15, 0.2) is 0 Å². The lowest BCUT2D eigenvalue weighted by atomic mass is 9.91. The molecule has 0 aromatic carbocycles. The second kappa shape index (κ2) is 5.63. The van der Waals surface area contributed by atoms with Gasteiger partial charge >= 0.3 is 0 Å². The number of hydrogen-bond acceptors (Lipinski definition) is 6. The van der Waals surface area contributed by atoms with E-state index < -0.39 is 4.92 Å². The third kappa shape index (κ3) is 2.98. The zero-order chi connectivity index (χ0) is 13.8. The van der Waals surface area contributed by atoms with Crippen LogP contribution in [0.15, 0.2) is 12.3 Å². The summed E-state index contributed by atoms with van der Waals surface area (Å²) in [5.41, 5.74) is 6.00. The van der Waals surface area contributed by atoms with Crippen LogP contribution in [0.4, 0.5) is 11.5 Å². The highest BCUT2D eigenvalue weighted by Crippen LogP contribution is 2.23. The Morgan fingerprint density at radius 3 is 2.89 bits per heavy atom. The first-order valence-corrected chi connectivity index (χ1v) is 6.18. The molecule has 1 aromatic rings. The standard InChI is InChI=1S/C12H15N5O2/c13-6-8-5-9(17(18)19)7-15-12(8)16-11-4-2-1-3-10(11)14/h5,7,10-11H,1-4,14H2,(H,15,16)/t10-,11-/m1/s1. The molecule has 2 atom stereocenters. The van der Waals surface area contributed by atoms with Crippen molar-refractivity contribution in [3.63, 3.8) is 0 Å². The van der Waals surface area contributed by atoms with Crippen molar-refractivity contribution in [2.45, 2.75) is 37.8 Å². The van der Waals surface area contributed by atoms with Crippen LogP contribution in [0.2, 0.25) is 0 Å². The second-order valence-corrected chi connectivity index (χ2v) is 4.66. The van der Waals surface area contributed by atoms with Crippen LogP contribution < -0.4 is 11.1 Å². The molecule has 0 spiro atoms. The zero-order valence-electron chi connectivity index (χ0n) is 10.4. The number of aromatic nitrogens is 1. The van der Waals surface area contributed by atoms with Crippen LogP contribution in [-0.4, -0.2) is 22.0 Å². The summed E-state index contributed by atoms with van der Waals surface area (Å²) in [4.78, 5) is 14.0. The van der Waals surface area contributed by atoms with Gasteiger partial charge < -0.3 is 11.1 Å². The minimum atomic E-state index is -0.566. The molecule has 1 fully saturated rings. The maximum Gasteiger partial charge on any atom is 0.289 e. The van der Waals surface area contributed by atoms with Crippen molar-refractivity contribution in [3.8, 4) is 6.07 Å². The molecule has 2 rings (SSSR count). The van der Waals surface area contributed by atoms with Gasteiger partial charge in [-0.3, -0.25) is 10.1 Å². The molecular formula is C12H15N5O2. The summed E-state index contributed by atoms with van der Waals surface area (Å²) in [7, 11) is 0. The molecule has 1 saturated carbocycles. The van der Waals surface area contributed by atoms with Gasteiger partial charge in [-0.25, -0.2) is 4.98 Å². The van der Waals surface area contributed by atoms with Crippen LogP contribution in [0, 0.1) is 21.4 Å². The van der Waals surface area contributed by atoms with Crippen molar-refractivity contribution in [2.24, 2.45) is 5.73 Å². The highest BCUT2D eigenvalue weighted by atomic mass is 16.6. The molecule has 1 heterocycles. The average molecular weight is 261 g/mol. The van der Waals surface area contributed by atoms with Gasteiger partial charge in [-0.05, 0) is 12.8 Å². The molecule has 19 heavy (non-hydrogen) atoms. The van der Waals surface area contributed by atoms with Crippen molar-refractivity contribution in [3.05, 3.63) is 27.9 Å². The molecule has 7 nitrogen and oxygen atoms in total. The Hall–Kier alpha value is -2.20. The van der Waals surface area contributed by atoms with Crippen molar-refractivity contribution in [1.29, 1.82) is 5.26 Å². The summed E-state index contributed by atoms with van der Waals surface area (Å²) in [6, 6.07) is 3.24.